The molecule has 108 valence electrons. The number of nitrogens with zero attached hydrogens (tertiary/aromatic N) is 2. The van der Waals surface area contributed by atoms with Crippen LogP contribution in [0.5, 0.6) is 0 Å². The fourth-order valence-electron chi connectivity index (χ4n) is 3.42. The molecule has 2 heterocycles. The predicted octanol–water partition coefficient (Wildman–Crippen LogP) is 0.323. The molecule has 3 rings (SSSR count). The molecule has 2 amide bonds. The Balaban J connectivity index is 1.66. The van der Waals surface area contributed by atoms with Crippen LogP contribution in [0.3, 0.4) is 0 Å². The van der Waals surface area contributed by atoms with Gasteiger partial charge in [-0.3, -0.25) is 9.80 Å². The second-order valence-electron chi connectivity index (χ2n) is 5.86. The molecule has 19 heavy (non-hydrogen) atoms. The normalized spacial score (nSPS) is 31.7. The standard InChI is InChI=1S/C13H23N3O3/c17-11-13(4-2-1-3-5-13)14-12(18)16(11)10-15-6-8-19-9-7-15/h11,17H,1-10H2,(H,14,18). The minimum absolute atomic E-state index is 0.124. The van der Waals surface area contributed by atoms with Crippen LogP contribution in [0.4, 0.5) is 4.79 Å². The Morgan fingerprint density at radius 3 is 2.63 bits per heavy atom. The number of carbonyl (C=O) groups is 1. The first-order valence-electron chi connectivity index (χ1n) is 7.28. The molecule has 6 heteroatoms. The Morgan fingerprint density at radius 2 is 1.95 bits per heavy atom. The van der Waals surface area contributed by atoms with Gasteiger partial charge in [-0.25, -0.2) is 4.79 Å². The molecule has 0 bridgehead atoms. The number of aliphatic hydroxyl groups excluding tert-OH is 1. The predicted molar refractivity (Wildman–Crippen MR) is 69.5 cm³/mol. The largest absolute Gasteiger partial charge is 0.379 e. The van der Waals surface area contributed by atoms with Gasteiger partial charge >= 0.3 is 6.03 Å². The molecule has 1 unspecified atom stereocenters. The Hall–Kier alpha value is -0.850. The highest BCUT2D eigenvalue weighted by molar-refractivity contribution is 5.78. The fourth-order valence-corrected chi connectivity index (χ4v) is 3.42. The van der Waals surface area contributed by atoms with Gasteiger partial charge in [-0.05, 0) is 12.8 Å². The molecule has 0 aromatic rings. The third kappa shape index (κ3) is 2.44. The average Bonchev–Trinajstić information content (AvgIpc) is 2.66. The van der Waals surface area contributed by atoms with E-state index >= 15 is 0 Å². The van der Waals surface area contributed by atoms with Crippen molar-refractivity contribution in [3.8, 4) is 0 Å². The van der Waals surface area contributed by atoms with Gasteiger partial charge in [0.15, 0.2) is 6.23 Å². The van der Waals surface area contributed by atoms with Gasteiger partial charge in [0.1, 0.15) is 0 Å². The summed E-state index contributed by atoms with van der Waals surface area (Å²) >= 11 is 0. The third-order valence-corrected chi connectivity index (χ3v) is 4.61. The van der Waals surface area contributed by atoms with Gasteiger partial charge in [0, 0.05) is 13.1 Å². The van der Waals surface area contributed by atoms with Crippen molar-refractivity contribution in [1.29, 1.82) is 0 Å². The van der Waals surface area contributed by atoms with Gasteiger partial charge in [0.05, 0.1) is 25.4 Å². The molecule has 2 aliphatic heterocycles. The van der Waals surface area contributed by atoms with Gasteiger partial charge in [-0.1, -0.05) is 19.3 Å². The first-order chi connectivity index (χ1) is 9.21. The van der Waals surface area contributed by atoms with Crippen molar-refractivity contribution in [2.45, 2.75) is 43.9 Å². The number of rotatable bonds is 2. The lowest BCUT2D eigenvalue weighted by Gasteiger charge is -2.38. The number of morpholine rings is 1. The molecule has 1 aliphatic carbocycles. The van der Waals surface area contributed by atoms with E-state index in [1.165, 1.54) is 6.42 Å². The highest BCUT2D eigenvalue weighted by Gasteiger charge is 2.51. The highest BCUT2D eigenvalue weighted by Crippen LogP contribution is 2.36. The second-order valence-corrected chi connectivity index (χ2v) is 5.86. The average molecular weight is 269 g/mol. The Kier molecular flexibility index (Phi) is 3.64. The Labute approximate surface area is 113 Å². The zero-order valence-electron chi connectivity index (χ0n) is 11.3. The SMILES string of the molecule is O=C1NC2(CCCCC2)C(O)N1CN1CCOCC1. The van der Waals surface area contributed by atoms with E-state index in [2.05, 4.69) is 10.2 Å². The number of urea groups is 1. The topological polar surface area (TPSA) is 65.0 Å². The van der Waals surface area contributed by atoms with E-state index in [4.69, 9.17) is 4.74 Å². The van der Waals surface area contributed by atoms with Gasteiger partial charge < -0.3 is 15.2 Å². The first-order valence-corrected chi connectivity index (χ1v) is 7.28. The van der Waals surface area contributed by atoms with E-state index in [1.54, 1.807) is 4.90 Å². The van der Waals surface area contributed by atoms with Crippen molar-refractivity contribution in [3.63, 3.8) is 0 Å². The lowest BCUT2D eigenvalue weighted by atomic mass is 9.81. The lowest BCUT2D eigenvalue weighted by molar-refractivity contribution is -0.0497. The molecule has 1 atom stereocenters. The molecule has 0 aromatic carbocycles. The summed E-state index contributed by atoms with van der Waals surface area (Å²) in [5.74, 6) is 0. The zero-order chi connectivity index (χ0) is 13.3. The van der Waals surface area contributed by atoms with Crippen molar-refractivity contribution in [2.24, 2.45) is 0 Å². The number of hydrogen-bond acceptors (Lipinski definition) is 4. The Morgan fingerprint density at radius 1 is 1.26 bits per heavy atom. The number of hydrogen-bond donors (Lipinski definition) is 2. The first kappa shape index (κ1) is 13.1. The van der Waals surface area contributed by atoms with Crippen LogP contribution < -0.4 is 5.32 Å². The molecular formula is C13H23N3O3. The molecule has 3 fully saturated rings. The molecule has 0 radical (unpaired) electrons. The molecule has 2 saturated heterocycles. The van der Waals surface area contributed by atoms with Crippen LogP contribution in [0.15, 0.2) is 0 Å². The van der Waals surface area contributed by atoms with E-state index in [0.29, 0.717) is 19.9 Å². The van der Waals surface area contributed by atoms with Gasteiger partial charge in [-0.2, -0.15) is 0 Å². The minimum Gasteiger partial charge on any atom is -0.379 e. The van der Waals surface area contributed by atoms with Gasteiger partial charge in [0.25, 0.3) is 0 Å². The number of carbonyl (C=O) groups excluding carboxylic acids is 1. The minimum atomic E-state index is -0.692. The summed E-state index contributed by atoms with van der Waals surface area (Å²) < 4.78 is 5.30. The quantitative estimate of drug-likeness (QED) is 0.758. The molecule has 6 nitrogen and oxygen atoms in total. The van der Waals surface area contributed by atoms with Crippen LogP contribution >= 0.6 is 0 Å². The maximum atomic E-state index is 12.1. The van der Waals surface area contributed by atoms with Crippen LogP contribution in [-0.4, -0.2) is 65.7 Å². The van der Waals surface area contributed by atoms with E-state index in [9.17, 15) is 9.90 Å². The summed E-state index contributed by atoms with van der Waals surface area (Å²) in [7, 11) is 0. The summed E-state index contributed by atoms with van der Waals surface area (Å²) in [6, 6.07) is -0.124. The number of aliphatic hydroxyl groups is 1. The molecule has 3 aliphatic rings. The van der Waals surface area contributed by atoms with Crippen molar-refractivity contribution in [1.82, 2.24) is 15.1 Å². The van der Waals surface area contributed by atoms with Crippen LogP contribution in [-0.2, 0) is 4.74 Å². The Bertz CT molecular complexity index is 338. The summed E-state index contributed by atoms with van der Waals surface area (Å²) in [6.07, 6.45) is 4.46. The smallest absolute Gasteiger partial charge is 0.321 e. The summed E-state index contributed by atoms with van der Waals surface area (Å²) in [5, 5.41) is 13.6. The summed E-state index contributed by atoms with van der Waals surface area (Å²) in [4.78, 5) is 15.9. The van der Waals surface area contributed by atoms with Crippen molar-refractivity contribution < 1.29 is 14.6 Å². The van der Waals surface area contributed by atoms with Crippen molar-refractivity contribution in [3.05, 3.63) is 0 Å². The monoisotopic (exact) mass is 269 g/mol. The maximum Gasteiger partial charge on any atom is 0.321 e. The molecular weight excluding hydrogens is 246 g/mol. The third-order valence-electron chi connectivity index (χ3n) is 4.61. The van der Waals surface area contributed by atoms with Crippen LogP contribution in [0.25, 0.3) is 0 Å². The van der Waals surface area contributed by atoms with E-state index in [1.807, 2.05) is 0 Å². The van der Waals surface area contributed by atoms with E-state index in [0.717, 1.165) is 38.8 Å². The van der Waals surface area contributed by atoms with Crippen LogP contribution in [0.2, 0.25) is 0 Å². The lowest BCUT2D eigenvalue weighted by Crippen LogP contribution is -2.53. The second kappa shape index (κ2) is 5.26. The molecule has 2 N–H and O–H groups in total. The van der Waals surface area contributed by atoms with Crippen molar-refractivity contribution in [2.75, 3.05) is 33.0 Å². The number of ether oxygens (including phenoxy) is 1. The van der Waals surface area contributed by atoms with Gasteiger partial charge in [0.2, 0.25) is 0 Å². The van der Waals surface area contributed by atoms with E-state index < -0.39 is 11.8 Å². The van der Waals surface area contributed by atoms with Crippen LogP contribution in [0.1, 0.15) is 32.1 Å². The van der Waals surface area contributed by atoms with Gasteiger partial charge in [-0.15, -0.1) is 0 Å². The molecule has 1 spiro atoms. The number of amides is 2. The maximum absolute atomic E-state index is 12.1. The number of nitrogens with one attached hydrogen (secondary N) is 1. The van der Waals surface area contributed by atoms with Crippen molar-refractivity contribution >= 4 is 6.03 Å². The molecule has 0 aromatic heterocycles. The highest BCUT2D eigenvalue weighted by atomic mass is 16.5. The van der Waals surface area contributed by atoms with Crippen LogP contribution in [0, 0.1) is 0 Å². The van der Waals surface area contributed by atoms with E-state index in [-0.39, 0.29) is 6.03 Å². The fraction of sp³-hybridized carbons (Fsp3) is 0.923. The summed E-state index contributed by atoms with van der Waals surface area (Å²) in [6.45, 7) is 3.55. The molecule has 1 saturated carbocycles. The summed E-state index contributed by atoms with van der Waals surface area (Å²) in [5.41, 5.74) is -0.401. The zero-order valence-corrected chi connectivity index (χ0v) is 11.3.